The van der Waals surface area contributed by atoms with Crippen molar-refractivity contribution in [1.29, 1.82) is 0 Å². The first-order valence-corrected chi connectivity index (χ1v) is 16.8. The summed E-state index contributed by atoms with van der Waals surface area (Å²) >= 11 is 14.0. The van der Waals surface area contributed by atoms with Crippen molar-refractivity contribution >= 4 is 34.8 Å². The number of amides is 1. The minimum absolute atomic E-state index is 0.0585. The van der Waals surface area contributed by atoms with E-state index in [0.29, 0.717) is 75.6 Å². The Kier molecular flexibility index (Phi) is 9.24. The smallest absolute Gasteiger partial charge is 0.291 e. The Morgan fingerprint density at radius 2 is 1.81 bits per heavy atom. The molecule has 1 saturated carbocycles. The fourth-order valence-corrected chi connectivity index (χ4v) is 7.11. The van der Waals surface area contributed by atoms with Crippen LogP contribution < -0.4 is 15.4 Å². The molecule has 7 rings (SSSR count). The van der Waals surface area contributed by atoms with Crippen molar-refractivity contribution in [2.24, 2.45) is 0 Å². The number of carbonyl (C=O) groups is 1. The lowest BCUT2D eigenvalue weighted by molar-refractivity contribution is -0.0281. The van der Waals surface area contributed by atoms with Gasteiger partial charge in [0.1, 0.15) is 0 Å². The third kappa shape index (κ3) is 6.50. The number of imidazole rings is 1. The molecule has 0 spiro atoms. The normalized spacial score (nSPS) is 19.8. The summed E-state index contributed by atoms with van der Waals surface area (Å²) in [4.78, 5) is 25.5. The van der Waals surface area contributed by atoms with E-state index in [1.165, 1.54) is 5.69 Å². The van der Waals surface area contributed by atoms with Crippen LogP contribution in [-0.2, 0) is 24.2 Å². The number of hydrogen-bond donors (Lipinski definition) is 3. The quantitative estimate of drug-likeness (QED) is 0.206. The molecule has 1 saturated heterocycles. The van der Waals surface area contributed by atoms with Crippen LogP contribution in [0.1, 0.15) is 52.9 Å². The Morgan fingerprint density at radius 3 is 2.57 bits per heavy atom. The zero-order chi connectivity index (χ0) is 32.7. The third-order valence-electron chi connectivity index (χ3n) is 9.18. The summed E-state index contributed by atoms with van der Waals surface area (Å²) in [6.07, 6.45) is 3.18. The standard InChI is InChI=1S/C35H38Cl2N6O4/c1-42-15-13-29-28(18-42)39-33(43(29)21-10-11-21)34(45)40-27-8-4-6-23(32(27)37)22-5-3-7-24(31(22)36)25-12-9-20(35(41-25)46-2)17-38-26-14-16-47-19-30(26)44/h3-9,12,21,26,30,38,44H,10-11,13-19H2,1-2H3,(H,40,45)/t26-,30-/m0/s1. The molecule has 47 heavy (non-hydrogen) atoms. The van der Waals surface area contributed by atoms with Crippen molar-refractivity contribution in [2.45, 2.75) is 57.0 Å². The summed E-state index contributed by atoms with van der Waals surface area (Å²) in [6.45, 7) is 3.11. The lowest BCUT2D eigenvalue weighted by Crippen LogP contribution is -2.46. The van der Waals surface area contributed by atoms with Crippen LogP contribution in [0.5, 0.6) is 5.88 Å². The van der Waals surface area contributed by atoms with Gasteiger partial charge in [0.25, 0.3) is 5.91 Å². The summed E-state index contributed by atoms with van der Waals surface area (Å²) in [7, 11) is 3.66. The Labute approximate surface area is 284 Å². The van der Waals surface area contributed by atoms with Crippen molar-refractivity contribution in [3.05, 3.63) is 81.4 Å². The number of benzene rings is 2. The number of hydrogen-bond acceptors (Lipinski definition) is 8. The molecular formula is C35H38Cl2N6O4. The zero-order valence-corrected chi connectivity index (χ0v) is 27.9. The van der Waals surface area contributed by atoms with Gasteiger partial charge in [0.2, 0.25) is 5.88 Å². The number of rotatable bonds is 9. The first-order chi connectivity index (χ1) is 22.8. The molecule has 2 fully saturated rings. The number of pyridine rings is 1. The average Bonchev–Trinajstić information content (AvgIpc) is 3.85. The molecule has 2 aliphatic heterocycles. The molecule has 10 nitrogen and oxygen atoms in total. The van der Waals surface area contributed by atoms with E-state index in [-0.39, 0.29) is 11.9 Å². The van der Waals surface area contributed by atoms with Crippen molar-refractivity contribution in [3.8, 4) is 28.3 Å². The van der Waals surface area contributed by atoms with Gasteiger partial charge in [0, 0.05) is 72.7 Å². The van der Waals surface area contributed by atoms with Gasteiger partial charge in [-0.15, -0.1) is 0 Å². The number of aliphatic hydroxyl groups is 1. The Hall–Kier alpha value is -3.51. The van der Waals surface area contributed by atoms with Crippen LogP contribution in [0, 0.1) is 0 Å². The largest absolute Gasteiger partial charge is 0.481 e. The Balaban J connectivity index is 1.14. The SMILES string of the molecule is COc1nc(-c2cccc(-c3cccc(NC(=O)c4nc5c(n4C4CC4)CCN(C)C5)c3Cl)c2Cl)ccc1CN[C@H]1CCOC[C@@H]1O. The van der Waals surface area contributed by atoms with E-state index in [1.807, 2.05) is 42.5 Å². The summed E-state index contributed by atoms with van der Waals surface area (Å²) < 4.78 is 13.1. The highest BCUT2D eigenvalue weighted by molar-refractivity contribution is 6.39. The third-order valence-corrected chi connectivity index (χ3v) is 10.00. The number of ether oxygens (including phenoxy) is 2. The second kappa shape index (κ2) is 13.5. The molecule has 0 radical (unpaired) electrons. The van der Waals surface area contributed by atoms with E-state index in [2.05, 4.69) is 27.1 Å². The van der Waals surface area contributed by atoms with Crippen molar-refractivity contribution in [2.75, 3.05) is 39.2 Å². The van der Waals surface area contributed by atoms with Gasteiger partial charge in [-0.25, -0.2) is 9.97 Å². The fraction of sp³-hybridized carbons (Fsp3) is 0.400. The van der Waals surface area contributed by atoms with Gasteiger partial charge in [-0.05, 0) is 38.4 Å². The van der Waals surface area contributed by atoms with Crippen LogP contribution in [0.2, 0.25) is 10.0 Å². The maximum absolute atomic E-state index is 13.7. The molecule has 2 aromatic heterocycles. The van der Waals surface area contributed by atoms with Crippen LogP contribution in [0.15, 0.2) is 48.5 Å². The Morgan fingerprint density at radius 1 is 1.04 bits per heavy atom. The molecule has 12 heteroatoms. The summed E-state index contributed by atoms with van der Waals surface area (Å²) in [5.41, 5.74) is 6.26. The first kappa shape index (κ1) is 32.1. The molecule has 2 aromatic carbocycles. The average molecular weight is 678 g/mol. The van der Waals surface area contributed by atoms with Gasteiger partial charge in [-0.1, -0.05) is 59.6 Å². The molecule has 3 aliphatic rings. The van der Waals surface area contributed by atoms with E-state index in [4.69, 9.17) is 42.6 Å². The number of nitrogens with one attached hydrogen (secondary N) is 2. The molecule has 0 unspecified atom stereocenters. The monoisotopic (exact) mass is 676 g/mol. The highest BCUT2D eigenvalue weighted by Gasteiger charge is 2.34. The molecule has 1 amide bonds. The zero-order valence-electron chi connectivity index (χ0n) is 26.4. The number of aromatic nitrogens is 3. The van der Waals surface area contributed by atoms with Crippen LogP contribution in [0.4, 0.5) is 5.69 Å². The van der Waals surface area contributed by atoms with E-state index >= 15 is 0 Å². The van der Waals surface area contributed by atoms with Crippen LogP contribution >= 0.6 is 23.2 Å². The van der Waals surface area contributed by atoms with E-state index in [1.54, 1.807) is 13.2 Å². The van der Waals surface area contributed by atoms with Crippen molar-refractivity contribution < 1.29 is 19.4 Å². The van der Waals surface area contributed by atoms with E-state index in [0.717, 1.165) is 50.0 Å². The van der Waals surface area contributed by atoms with Crippen LogP contribution in [0.25, 0.3) is 22.4 Å². The number of fused-ring (bicyclic) bond motifs is 1. The van der Waals surface area contributed by atoms with Gasteiger partial charge in [-0.3, -0.25) is 4.79 Å². The predicted octanol–water partition coefficient (Wildman–Crippen LogP) is 5.74. The lowest BCUT2D eigenvalue weighted by Gasteiger charge is -2.28. The Bertz CT molecular complexity index is 1810. The van der Waals surface area contributed by atoms with Gasteiger partial charge in [0.05, 0.1) is 46.9 Å². The maximum Gasteiger partial charge on any atom is 0.291 e. The van der Waals surface area contributed by atoms with Crippen molar-refractivity contribution in [3.63, 3.8) is 0 Å². The molecule has 246 valence electrons. The summed E-state index contributed by atoms with van der Waals surface area (Å²) in [5, 5.41) is 17.5. The molecular weight excluding hydrogens is 639 g/mol. The number of aliphatic hydroxyl groups excluding tert-OH is 1. The highest BCUT2D eigenvalue weighted by Crippen LogP contribution is 2.42. The predicted molar refractivity (Wildman–Crippen MR) is 182 cm³/mol. The maximum atomic E-state index is 13.7. The number of likely N-dealkylation sites (N-methyl/N-ethyl adjacent to an activating group) is 1. The number of methoxy groups -OCH3 is 1. The summed E-state index contributed by atoms with van der Waals surface area (Å²) in [6, 6.07) is 15.4. The van der Waals surface area contributed by atoms with Gasteiger partial charge < -0.3 is 34.7 Å². The number of nitrogens with zero attached hydrogens (tertiary/aromatic N) is 4. The number of halogens is 2. The van der Waals surface area contributed by atoms with Gasteiger partial charge in [0.15, 0.2) is 5.82 Å². The topological polar surface area (TPSA) is 114 Å². The second-order valence-electron chi connectivity index (χ2n) is 12.5. The molecule has 4 aromatic rings. The molecule has 4 heterocycles. The molecule has 0 bridgehead atoms. The molecule has 1 aliphatic carbocycles. The van der Waals surface area contributed by atoms with Crippen LogP contribution in [-0.4, -0.2) is 76.5 Å². The molecule has 3 N–H and O–H groups in total. The fourth-order valence-electron chi connectivity index (χ4n) is 6.51. The van der Waals surface area contributed by atoms with Crippen molar-refractivity contribution in [1.82, 2.24) is 24.8 Å². The minimum Gasteiger partial charge on any atom is -0.481 e. The van der Waals surface area contributed by atoms with Crippen LogP contribution in [0.3, 0.4) is 0 Å². The highest BCUT2D eigenvalue weighted by atomic mass is 35.5. The minimum atomic E-state index is -0.555. The number of carbonyl (C=O) groups excluding carboxylic acids is 1. The lowest BCUT2D eigenvalue weighted by atomic mass is 10.00. The van der Waals surface area contributed by atoms with E-state index in [9.17, 15) is 9.90 Å². The number of anilines is 1. The molecule has 2 atom stereocenters. The van der Waals surface area contributed by atoms with Gasteiger partial charge in [-0.2, -0.15) is 0 Å². The summed E-state index contributed by atoms with van der Waals surface area (Å²) in [5.74, 6) is 0.639. The van der Waals surface area contributed by atoms with E-state index < -0.39 is 6.10 Å². The first-order valence-electron chi connectivity index (χ1n) is 16.0. The second-order valence-corrected chi connectivity index (χ2v) is 13.2. The van der Waals surface area contributed by atoms with Gasteiger partial charge >= 0.3 is 0 Å².